The van der Waals surface area contributed by atoms with Gasteiger partial charge in [0.1, 0.15) is 6.61 Å². The molecule has 1 aliphatic rings. The Balaban J connectivity index is 2.54. The van der Waals surface area contributed by atoms with E-state index in [2.05, 4.69) is 0 Å². The fraction of sp³-hybridized carbons (Fsp3) is 0.818. The van der Waals surface area contributed by atoms with Crippen LogP contribution in [0.5, 0.6) is 0 Å². The van der Waals surface area contributed by atoms with Gasteiger partial charge in [-0.3, -0.25) is 9.59 Å². The normalized spacial score (nSPS) is 27.5. The Morgan fingerprint density at radius 2 is 1.94 bits per heavy atom. The molecule has 0 saturated carbocycles. The first-order valence-electron chi connectivity index (χ1n) is 5.49. The highest BCUT2D eigenvalue weighted by Crippen LogP contribution is 2.28. The molecule has 98 valence electrons. The number of hydrogen-bond donors (Lipinski definition) is 1. The van der Waals surface area contributed by atoms with Crippen LogP contribution in [0.3, 0.4) is 0 Å². The average Bonchev–Trinajstić information content (AvgIpc) is 2.10. The third-order valence-corrected chi connectivity index (χ3v) is 2.30. The van der Waals surface area contributed by atoms with E-state index in [0.717, 1.165) is 0 Å². The van der Waals surface area contributed by atoms with E-state index in [9.17, 15) is 9.59 Å². The molecule has 0 radical (unpaired) electrons. The molecule has 6 nitrogen and oxygen atoms in total. The molecule has 1 heterocycles. The van der Waals surface area contributed by atoms with Gasteiger partial charge in [0.05, 0.1) is 18.6 Å². The van der Waals surface area contributed by atoms with Gasteiger partial charge >= 0.3 is 11.9 Å². The molecule has 1 N–H and O–H groups in total. The van der Waals surface area contributed by atoms with Crippen LogP contribution in [0.4, 0.5) is 0 Å². The van der Waals surface area contributed by atoms with Crippen molar-refractivity contribution in [2.75, 3.05) is 6.61 Å². The van der Waals surface area contributed by atoms with Gasteiger partial charge in [0.15, 0.2) is 5.79 Å². The van der Waals surface area contributed by atoms with Gasteiger partial charge in [-0.1, -0.05) is 0 Å². The van der Waals surface area contributed by atoms with Crippen molar-refractivity contribution in [1.82, 2.24) is 0 Å². The molecule has 1 fully saturated rings. The summed E-state index contributed by atoms with van der Waals surface area (Å²) in [7, 11) is 0. The summed E-state index contributed by atoms with van der Waals surface area (Å²) in [6, 6.07) is 0. The number of hydrogen-bond acceptors (Lipinski definition) is 5. The van der Waals surface area contributed by atoms with E-state index in [4.69, 9.17) is 19.3 Å². The van der Waals surface area contributed by atoms with Crippen molar-refractivity contribution in [2.45, 2.75) is 51.6 Å². The predicted octanol–water partition coefficient (Wildman–Crippen LogP) is 0.934. The minimum atomic E-state index is -0.918. The number of carbonyl (C=O) groups excluding carboxylic acids is 1. The van der Waals surface area contributed by atoms with Crippen LogP contribution in [-0.4, -0.2) is 41.6 Å². The fourth-order valence-electron chi connectivity index (χ4n) is 1.85. The van der Waals surface area contributed by atoms with E-state index >= 15 is 0 Å². The van der Waals surface area contributed by atoms with Crippen molar-refractivity contribution in [2.24, 2.45) is 0 Å². The Hall–Kier alpha value is -1.14. The van der Waals surface area contributed by atoms with E-state index in [1.807, 2.05) is 0 Å². The molecule has 0 bridgehead atoms. The lowest BCUT2D eigenvalue weighted by molar-refractivity contribution is -0.304. The predicted molar refractivity (Wildman–Crippen MR) is 57.3 cm³/mol. The quantitative estimate of drug-likeness (QED) is 0.743. The number of carboxylic acid groups (broad SMARTS) is 1. The van der Waals surface area contributed by atoms with Crippen LogP contribution in [0, 0.1) is 0 Å². The summed E-state index contributed by atoms with van der Waals surface area (Å²) in [6.45, 7) is 4.86. The molecule has 0 aromatic heterocycles. The van der Waals surface area contributed by atoms with Crippen molar-refractivity contribution in [1.29, 1.82) is 0 Å². The maximum Gasteiger partial charge on any atom is 0.305 e. The topological polar surface area (TPSA) is 82.1 Å². The summed E-state index contributed by atoms with van der Waals surface area (Å²) >= 11 is 0. The summed E-state index contributed by atoms with van der Waals surface area (Å²) in [5, 5.41) is 8.73. The summed E-state index contributed by atoms with van der Waals surface area (Å²) < 4.78 is 15.9. The SMILES string of the molecule is CC(=O)OCC1C[C@H](CC(=O)O)OC(C)(C)O1. The third-order valence-electron chi connectivity index (χ3n) is 2.30. The first kappa shape index (κ1) is 13.9. The van der Waals surface area contributed by atoms with Gasteiger partial charge in [0.2, 0.25) is 0 Å². The van der Waals surface area contributed by atoms with Crippen molar-refractivity contribution < 1.29 is 28.9 Å². The lowest BCUT2D eigenvalue weighted by Crippen LogP contribution is -2.46. The Kier molecular flexibility index (Phi) is 4.47. The molecule has 1 aliphatic heterocycles. The zero-order valence-corrected chi connectivity index (χ0v) is 10.3. The van der Waals surface area contributed by atoms with Crippen LogP contribution in [0.15, 0.2) is 0 Å². The van der Waals surface area contributed by atoms with Crippen molar-refractivity contribution in [3.8, 4) is 0 Å². The number of ether oxygens (including phenoxy) is 3. The molecule has 0 aromatic rings. The van der Waals surface area contributed by atoms with Gasteiger partial charge in [0, 0.05) is 13.3 Å². The summed E-state index contributed by atoms with van der Waals surface area (Å²) in [5.41, 5.74) is 0. The number of esters is 1. The smallest absolute Gasteiger partial charge is 0.305 e. The van der Waals surface area contributed by atoms with Gasteiger partial charge in [-0.2, -0.15) is 0 Å². The standard InChI is InChI=1S/C11H18O6/c1-7(12)15-6-9-4-8(5-10(13)14)16-11(2,3)17-9/h8-9H,4-6H2,1-3H3,(H,13,14)/t8-,9?/m1/s1. The van der Waals surface area contributed by atoms with Gasteiger partial charge in [-0.05, 0) is 13.8 Å². The minimum Gasteiger partial charge on any atom is -0.481 e. The maximum absolute atomic E-state index is 10.7. The highest BCUT2D eigenvalue weighted by Gasteiger charge is 2.36. The van der Waals surface area contributed by atoms with Crippen LogP contribution < -0.4 is 0 Å². The molecule has 0 amide bonds. The van der Waals surface area contributed by atoms with Gasteiger partial charge in [0.25, 0.3) is 0 Å². The second-order valence-electron chi connectivity index (χ2n) is 4.52. The molecule has 1 unspecified atom stereocenters. The largest absolute Gasteiger partial charge is 0.481 e. The Bertz CT molecular complexity index is 298. The molecule has 6 heteroatoms. The van der Waals surface area contributed by atoms with E-state index in [1.54, 1.807) is 13.8 Å². The lowest BCUT2D eigenvalue weighted by Gasteiger charge is -2.40. The lowest BCUT2D eigenvalue weighted by atomic mass is 10.1. The second kappa shape index (κ2) is 5.46. The van der Waals surface area contributed by atoms with Crippen LogP contribution in [0.25, 0.3) is 0 Å². The van der Waals surface area contributed by atoms with Crippen LogP contribution in [-0.2, 0) is 23.8 Å². The molecule has 1 rings (SSSR count). The van der Waals surface area contributed by atoms with E-state index in [-0.39, 0.29) is 25.1 Å². The summed E-state index contributed by atoms with van der Waals surface area (Å²) in [4.78, 5) is 21.3. The molecule has 0 aromatic carbocycles. The number of carboxylic acids is 1. The first-order chi connectivity index (χ1) is 7.78. The monoisotopic (exact) mass is 246 g/mol. The minimum absolute atomic E-state index is 0.0800. The third kappa shape index (κ3) is 5.14. The summed E-state index contributed by atoms with van der Waals surface area (Å²) in [6.07, 6.45) is -0.421. The molecule has 0 aliphatic carbocycles. The van der Waals surface area contributed by atoms with Gasteiger partial charge < -0.3 is 19.3 Å². The number of rotatable bonds is 4. The van der Waals surface area contributed by atoms with Gasteiger partial charge in [-0.15, -0.1) is 0 Å². The maximum atomic E-state index is 10.7. The number of carbonyl (C=O) groups is 2. The van der Waals surface area contributed by atoms with Crippen molar-refractivity contribution >= 4 is 11.9 Å². The van der Waals surface area contributed by atoms with E-state index < -0.39 is 17.9 Å². The Morgan fingerprint density at radius 3 is 2.47 bits per heavy atom. The zero-order valence-electron chi connectivity index (χ0n) is 10.3. The highest BCUT2D eigenvalue weighted by molar-refractivity contribution is 5.67. The number of aliphatic carboxylic acids is 1. The highest BCUT2D eigenvalue weighted by atomic mass is 16.7. The zero-order chi connectivity index (χ0) is 13.1. The average molecular weight is 246 g/mol. The Morgan fingerprint density at radius 1 is 1.35 bits per heavy atom. The molecule has 0 spiro atoms. The van der Waals surface area contributed by atoms with Crippen LogP contribution >= 0.6 is 0 Å². The molecular weight excluding hydrogens is 228 g/mol. The van der Waals surface area contributed by atoms with Crippen LogP contribution in [0.1, 0.15) is 33.6 Å². The van der Waals surface area contributed by atoms with E-state index in [0.29, 0.717) is 6.42 Å². The van der Waals surface area contributed by atoms with Crippen molar-refractivity contribution in [3.05, 3.63) is 0 Å². The molecular formula is C11H18O6. The summed E-state index contributed by atoms with van der Waals surface area (Å²) in [5.74, 6) is -2.16. The Labute approximate surface area is 99.8 Å². The molecule has 2 atom stereocenters. The van der Waals surface area contributed by atoms with Crippen LogP contribution in [0.2, 0.25) is 0 Å². The molecule has 17 heavy (non-hydrogen) atoms. The first-order valence-corrected chi connectivity index (χ1v) is 5.49. The van der Waals surface area contributed by atoms with Crippen molar-refractivity contribution in [3.63, 3.8) is 0 Å². The van der Waals surface area contributed by atoms with E-state index in [1.165, 1.54) is 6.92 Å². The fourth-order valence-corrected chi connectivity index (χ4v) is 1.85. The molecule has 1 saturated heterocycles. The van der Waals surface area contributed by atoms with Gasteiger partial charge in [-0.25, -0.2) is 0 Å². The second-order valence-corrected chi connectivity index (χ2v) is 4.52.